The minimum atomic E-state index is -0.696. The fraction of sp³-hybridized carbons (Fsp3) is 0.800. The number of hydrogen-bond donors (Lipinski definition) is 1. The lowest BCUT2D eigenvalue weighted by atomic mass is 10.1. The lowest BCUT2D eigenvalue weighted by Crippen LogP contribution is -2.44. The summed E-state index contributed by atoms with van der Waals surface area (Å²) in [6, 6.07) is 0. The molecule has 0 fully saturated rings. The van der Waals surface area contributed by atoms with E-state index in [-0.39, 0.29) is 37.6 Å². The number of alkyl carbamates (subject to hydrolysis) is 1. The van der Waals surface area contributed by atoms with Crippen molar-refractivity contribution in [2.45, 2.75) is 85.4 Å². The van der Waals surface area contributed by atoms with Gasteiger partial charge in [0.1, 0.15) is 17.0 Å². The Morgan fingerprint density at radius 1 is 0.857 bits per heavy atom. The molecule has 0 unspecified atom stereocenters. The van der Waals surface area contributed by atoms with Gasteiger partial charge in [-0.2, -0.15) is 0 Å². The van der Waals surface area contributed by atoms with Gasteiger partial charge < -0.3 is 19.6 Å². The first kappa shape index (κ1) is 25.9. The molecule has 2 amide bonds. The molecule has 0 bridgehead atoms. The van der Waals surface area contributed by atoms with Gasteiger partial charge in [-0.05, 0) is 61.3 Å². The Morgan fingerprint density at radius 3 is 1.89 bits per heavy atom. The number of ether oxygens (including phenoxy) is 2. The third-order valence-corrected chi connectivity index (χ3v) is 3.30. The van der Waals surface area contributed by atoms with Gasteiger partial charge in [0, 0.05) is 25.9 Å². The van der Waals surface area contributed by atoms with E-state index in [9.17, 15) is 19.2 Å². The molecular weight excluding hydrogens is 364 g/mol. The summed E-state index contributed by atoms with van der Waals surface area (Å²) in [6.45, 7) is 12.1. The van der Waals surface area contributed by atoms with E-state index in [2.05, 4.69) is 5.32 Å². The second kappa shape index (κ2) is 11.7. The Bertz CT molecular complexity index is 546. The van der Waals surface area contributed by atoms with Crippen molar-refractivity contribution in [3.63, 3.8) is 0 Å². The molecule has 0 saturated heterocycles. The second-order valence-corrected chi connectivity index (χ2v) is 8.78. The van der Waals surface area contributed by atoms with Crippen molar-refractivity contribution in [3.05, 3.63) is 0 Å². The van der Waals surface area contributed by atoms with Gasteiger partial charge in [-0.3, -0.25) is 9.69 Å². The molecule has 0 spiro atoms. The molecule has 0 aromatic carbocycles. The highest BCUT2D eigenvalue weighted by molar-refractivity contribution is 5.84. The van der Waals surface area contributed by atoms with Gasteiger partial charge in [-0.25, -0.2) is 9.59 Å². The lowest BCUT2D eigenvalue weighted by Gasteiger charge is -2.27. The molecule has 0 saturated carbocycles. The Kier molecular flexibility index (Phi) is 10.8. The quantitative estimate of drug-likeness (QED) is 0.563. The fourth-order valence-corrected chi connectivity index (χ4v) is 2.16. The number of ketones is 2. The Morgan fingerprint density at radius 2 is 1.39 bits per heavy atom. The maximum atomic E-state index is 12.4. The van der Waals surface area contributed by atoms with Crippen molar-refractivity contribution in [1.29, 1.82) is 0 Å². The second-order valence-electron chi connectivity index (χ2n) is 8.78. The van der Waals surface area contributed by atoms with Gasteiger partial charge in [0.05, 0.1) is 6.54 Å². The standard InChI is InChI=1S/C20H36N2O6/c1-15(23)10-8-9-11-16(24)14-22(18(26)28-20(5,6)7)13-12-21-17(25)27-19(2,3)4/h8-14H2,1-7H3,(H,21,25). The molecule has 1 N–H and O–H groups in total. The molecule has 8 nitrogen and oxygen atoms in total. The van der Waals surface area contributed by atoms with Crippen LogP contribution in [0.1, 0.15) is 74.1 Å². The number of amides is 2. The Labute approximate surface area is 168 Å². The molecule has 28 heavy (non-hydrogen) atoms. The Hall–Kier alpha value is -2.12. The zero-order valence-corrected chi connectivity index (χ0v) is 18.3. The number of Topliss-reactive ketones (excluding diaryl/α,β-unsaturated/α-hetero) is 2. The van der Waals surface area contributed by atoms with Gasteiger partial charge in [0.25, 0.3) is 0 Å². The van der Waals surface area contributed by atoms with Crippen LogP contribution in [0.2, 0.25) is 0 Å². The molecule has 0 aliphatic rings. The van der Waals surface area contributed by atoms with Crippen LogP contribution in [0.5, 0.6) is 0 Å². The van der Waals surface area contributed by atoms with E-state index in [0.29, 0.717) is 19.3 Å². The first-order chi connectivity index (χ1) is 12.7. The summed E-state index contributed by atoms with van der Waals surface area (Å²) in [5.41, 5.74) is -1.32. The Balaban J connectivity index is 4.66. The van der Waals surface area contributed by atoms with Crippen LogP contribution in [0.25, 0.3) is 0 Å². The minimum Gasteiger partial charge on any atom is -0.444 e. The smallest absolute Gasteiger partial charge is 0.410 e. The van der Waals surface area contributed by atoms with E-state index in [1.807, 2.05) is 0 Å². The van der Waals surface area contributed by atoms with Crippen molar-refractivity contribution in [2.24, 2.45) is 0 Å². The molecule has 8 heteroatoms. The lowest BCUT2D eigenvalue weighted by molar-refractivity contribution is -0.121. The highest BCUT2D eigenvalue weighted by Gasteiger charge is 2.24. The summed E-state index contributed by atoms with van der Waals surface area (Å²) in [5, 5.41) is 2.57. The molecule has 0 aromatic rings. The van der Waals surface area contributed by atoms with E-state index in [1.54, 1.807) is 41.5 Å². The maximum absolute atomic E-state index is 12.4. The SMILES string of the molecule is CC(=O)CCCCC(=O)CN(CCNC(=O)OC(C)(C)C)C(=O)OC(C)(C)C. The largest absolute Gasteiger partial charge is 0.444 e. The number of nitrogens with zero attached hydrogens (tertiary/aromatic N) is 1. The van der Waals surface area contributed by atoms with E-state index in [0.717, 1.165) is 0 Å². The minimum absolute atomic E-state index is 0.0936. The molecule has 0 aliphatic carbocycles. The predicted molar refractivity (Wildman–Crippen MR) is 106 cm³/mol. The molecule has 0 rings (SSSR count). The van der Waals surface area contributed by atoms with Crippen molar-refractivity contribution in [2.75, 3.05) is 19.6 Å². The monoisotopic (exact) mass is 400 g/mol. The van der Waals surface area contributed by atoms with E-state index in [4.69, 9.17) is 9.47 Å². The normalized spacial score (nSPS) is 11.5. The number of carbonyl (C=O) groups excluding carboxylic acids is 4. The summed E-state index contributed by atoms with van der Waals surface area (Å²) in [5.74, 6) is -0.0253. The van der Waals surface area contributed by atoms with Gasteiger partial charge in [-0.15, -0.1) is 0 Å². The summed E-state index contributed by atoms with van der Waals surface area (Å²) in [4.78, 5) is 48.5. The highest BCUT2D eigenvalue weighted by atomic mass is 16.6. The molecule has 0 aliphatic heterocycles. The van der Waals surface area contributed by atoms with Gasteiger partial charge in [0.2, 0.25) is 0 Å². The fourth-order valence-electron chi connectivity index (χ4n) is 2.16. The third kappa shape index (κ3) is 15.0. The topological polar surface area (TPSA) is 102 Å². The number of unbranched alkanes of at least 4 members (excludes halogenated alkanes) is 1. The molecule has 0 aromatic heterocycles. The zero-order valence-electron chi connectivity index (χ0n) is 18.3. The van der Waals surface area contributed by atoms with Gasteiger partial charge >= 0.3 is 12.2 Å². The molecule has 0 radical (unpaired) electrons. The summed E-state index contributed by atoms with van der Waals surface area (Å²) < 4.78 is 10.5. The van der Waals surface area contributed by atoms with Crippen LogP contribution >= 0.6 is 0 Å². The summed E-state index contributed by atoms with van der Waals surface area (Å²) in [7, 11) is 0. The number of rotatable bonds is 10. The number of carbonyl (C=O) groups is 4. The number of hydrogen-bond acceptors (Lipinski definition) is 6. The first-order valence-corrected chi connectivity index (χ1v) is 9.65. The zero-order chi connectivity index (χ0) is 22.0. The van der Waals surface area contributed by atoms with Crippen LogP contribution in [-0.2, 0) is 19.1 Å². The molecular formula is C20H36N2O6. The van der Waals surface area contributed by atoms with Crippen molar-refractivity contribution >= 4 is 23.8 Å². The average Bonchev–Trinajstić information content (AvgIpc) is 2.46. The summed E-state index contributed by atoms with van der Waals surface area (Å²) >= 11 is 0. The summed E-state index contributed by atoms with van der Waals surface area (Å²) in [6.07, 6.45) is 0.766. The highest BCUT2D eigenvalue weighted by Crippen LogP contribution is 2.11. The van der Waals surface area contributed by atoms with Crippen LogP contribution in [0.3, 0.4) is 0 Å². The van der Waals surface area contributed by atoms with Crippen LogP contribution in [0.15, 0.2) is 0 Å². The van der Waals surface area contributed by atoms with Crippen LogP contribution < -0.4 is 5.32 Å². The van der Waals surface area contributed by atoms with Crippen molar-refractivity contribution in [3.8, 4) is 0 Å². The third-order valence-electron chi connectivity index (χ3n) is 3.30. The van der Waals surface area contributed by atoms with E-state index < -0.39 is 23.4 Å². The first-order valence-electron chi connectivity index (χ1n) is 9.65. The van der Waals surface area contributed by atoms with Crippen molar-refractivity contribution in [1.82, 2.24) is 10.2 Å². The predicted octanol–water partition coefficient (Wildman–Crippen LogP) is 3.47. The molecule has 0 heterocycles. The van der Waals surface area contributed by atoms with Crippen LogP contribution in [0.4, 0.5) is 9.59 Å². The molecule has 0 atom stereocenters. The number of nitrogens with one attached hydrogen (secondary N) is 1. The van der Waals surface area contributed by atoms with Crippen LogP contribution in [-0.4, -0.2) is 59.5 Å². The van der Waals surface area contributed by atoms with E-state index in [1.165, 1.54) is 11.8 Å². The van der Waals surface area contributed by atoms with Gasteiger partial charge in [0.15, 0.2) is 5.78 Å². The molecule has 162 valence electrons. The maximum Gasteiger partial charge on any atom is 0.410 e. The average molecular weight is 401 g/mol. The van der Waals surface area contributed by atoms with Gasteiger partial charge in [-0.1, -0.05) is 0 Å². The van der Waals surface area contributed by atoms with E-state index >= 15 is 0 Å². The van der Waals surface area contributed by atoms with Crippen LogP contribution in [0, 0.1) is 0 Å². The van der Waals surface area contributed by atoms with Crippen molar-refractivity contribution < 1.29 is 28.7 Å².